The molecule has 0 aliphatic heterocycles. The molecule has 2 rings (SSSR count). The molecule has 0 atom stereocenters. The van der Waals surface area contributed by atoms with Crippen LogP contribution in [0.4, 0.5) is 10.1 Å². The van der Waals surface area contributed by atoms with Gasteiger partial charge in [0.1, 0.15) is 10.7 Å². The minimum atomic E-state index is -1.13. The van der Waals surface area contributed by atoms with Crippen molar-refractivity contribution in [3.8, 4) is 10.4 Å². The molecule has 18 heavy (non-hydrogen) atoms. The lowest BCUT2D eigenvalue weighted by Crippen LogP contribution is -1.97. The Labute approximate surface area is 112 Å². The van der Waals surface area contributed by atoms with Gasteiger partial charge in [-0.2, -0.15) is 0 Å². The van der Waals surface area contributed by atoms with Crippen molar-refractivity contribution in [2.45, 2.75) is 6.92 Å². The first-order valence-corrected chi connectivity index (χ1v) is 6.19. The van der Waals surface area contributed by atoms with E-state index in [1.165, 1.54) is 12.1 Å². The van der Waals surface area contributed by atoms with E-state index >= 15 is 0 Å². The maximum atomic E-state index is 13.8. The van der Waals surface area contributed by atoms with Gasteiger partial charge in [-0.25, -0.2) is 9.18 Å². The minimum Gasteiger partial charge on any atom is -0.477 e. The molecular weight excluding hydrogens is 277 g/mol. The number of nitrogen functional groups attached to an aromatic ring is 1. The highest BCUT2D eigenvalue weighted by Crippen LogP contribution is 2.42. The van der Waals surface area contributed by atoms with Crippen molar-refractivity contribution in [2.24, 2.45) is 0 Å². The first kappa shape index (κ1) is 12.9. The number of carbonyl (C=O) groups is 1. The summed E-state index contributed by atoms with van der Waals surface area (Å²) in [5.74, 6) is -1.62. The summed E-state index contributed by atoms with van der Waals surface area (Å²) < 4.78 is 13.8. The first-order valence-electron chi connectivity index (χ1n) is 5.00. The molecular formula is C12H9ClFNO2S. The molecule has 1 aromatic heterocycles. The lowest BCUT2D eigenvalue weighted by molar-refractivity contribution is 0.0703. The molecule has 0 aliphatic rings. The van der Waals surface area contributed by atoms with Gasteiger partial charge < -0.3 is 10.8 Å². The number of benzene rings is 1. The standard InChI is InChI=1S/C12H9ClFNO2S/c1-5-9(15)11(12(16)17)18-10(5)8-6(13)3-2-4-7(8)14/h2-4H,15H2,1H3,(H,16,17). The zero-order valence-electron chi connectivity index (χ0n) is 9.33. The summed E-state index contributed by atoms with van der Waals surface area (Å²) in [4.78, 5) is 11.4. The van der Waals surface area contributed by atoms with E-state index in [1.54, 1.807) is 13.0 Å². The van der Waals surface area contributed by atoms with Gasteiger partial charge in [0.15, 0.2) is 0 Å². The van der Waals surface area contributed by atoms with Crippen molar-refractivity contribution in [1.82, 2.24) is 0 Å². The van der Waals surface area contributed by atoms with E-state index in [0.717, 1.165) is 11.3 Å². The molecule has 0 unspecified atom stereocenters. The van der Waals surface area contributed by atoms with Crippen LogP contribution in [-0.4, -0.2) is 11.1 Å². The van der Waals surface area contributed by atoms with E-state index in [9.17, 15) is 9.18 Å². The Balaban J connectivity index is 2.73. The second kappa shape index (κ2) is 4.59. The highest BCUT2D eigenvalue weighted by atomic mass is 35.5. The Morgan fingerprint density at radius 2 is 2.17 bits per heavy atom. The van der Waals surface area contributed by atoms with Gasteiger partial charge in [0.2, 0.25) is 0 Å². The van der Waals surface area contributed by atoms with Gasteiger partial charge in [0, 0.05) is 10.4 Å². The van der Waals surface area contributed by atoms with Gasteiger partial charge >= 0.3 is 5.97 Å². The van der Waals surface area contributed by atoms with E-state index in [1.807, 2.05) is 0 Å². The van der Waals surface area contributed by atoms with Crippen LogP contribution in [-0.2, 0) is 0 Å². The van der Waals surface area contributed by atoms with E-state index in [4.69, 9.17) is 22.4 Å². The molecule has 0 radical (unpaired) electrons. The Kier molecular flexibility index (Phi) is 3.28. The Morgan fingerprint density at radius 3 is 2.67 bits per heavy atom. The molecule has 0 aliphatic carbocycles. The SMILES string of the molecule is Cc1c(-c2c(F)cccc2Cl)sc(C(=O)O)c1N. The van der Waals surface area contributed by atoms with E-state index in [0.29, 0.717) is 10.4 Å². The van der Waals surface area contributed by atoms with Crippen molar-refractivity contribution >= 4 is 34.6 Å². The first-order chi connectivity index (χ1) is 8.43. The normalized spacial score (nSPS) is 10.6. The van der Waals surface area contributed by atoms with E-state index in [2.05, 4.69) is 0 Å². The van der Waals surface area contributed by atoms with Crippen LogP contribution in [0.25, 0.3) is 10.4 Å². The number of carboxylic acid groups (broad SMARTS) is 1. The Hall–Kier alpha value is -1.59. The summed E-state index contributed by atoms with van der Waals surface area (Å²) >= 11 is 6.88. The average molecular weight is 286 g/mol. The van der Waals surface area contributed by atoms with E-state index in [-0.39, 0.29) is 21.2 Å². The molecule has 1 aromatic carbocycles. The van der Waals surface area contributed by atoms with Crippen molar-refractivity contribution in [3.63, 3.8) is 0 Å². The molecule has 94 valence electrons. The van der Waals surface area contributed by atoms with Crippen molar-refractivity contribution in [2.75, 3.05) is 5.73 Å². The van der Waals surface area contributed by atoms with Gasteiger partial charge in [-0.05, 0) is 24.6 Å². The number of aromatic carboxylic acids is 1. The molecule has 1 heterocycles. The Bertz CT molecular complexity index is 619. The fourth-order valence-electron chi connectivity index (χ4n) is 1.64. The topological polar surface area (TPSA) is 63.3 Å². The van der Waals surface area contributed by atoms with Gasteiger partial charge in [-0.15, -0.1) is 11.3 Å². The largest absolute Gasteiger partial charge is 0.477 e. The van der Waals surface area contributed by atoms with Gasteiger partial charge in [-0.1, -0.05) is 17.7 Å². The third-order valence-corrected chi connectivity index (χ3v) is 4.21. The Morgan fingerprint density at radius 1 is 1.50 bits per heavy atom. The highest BCUT2D eigenvalue weighted by molar-refractivity contribution is 7.18. The summed E-state index contributed by atoms with van der Waals surface area (Å²) in [5, 5.41) is 9.23. The summed E-state index contributed by atoms with van der Waals surface area (Å²) in [6.07, 6.45) is 0. The smallest absolute Gasteiger partial charge is 0.348 e. The zero-order chi connectivity index (χ0) is 13.4. The van der Waals surface area contributed by atoms with Crippen LogP contribution in [0.3, 0.4) is 0 Å². The number of hydrogen-bond donors (Lipinski definition) is 2. The predicted octanol–water partition coefficient (Wildman–Crippen LogP) is 3.80. The number of carboxylic acids is 1. The molecule has 0 spiro atoms. The monoisotopic (exact) mass is 285 g/mol. The quantitative estimate of drug-likeness (QED) is 0.882. The van der Waals surface area contributed by atoms with Gasteiger partial charge in [0.05, 0.1) is 10.7 Å². The molecule has 0 saturated heterocycles. The van der Waals surface area contributed by atoms with Crippen molar-refractivity contribution in [1.29, 1.82) is 0 Å². The van der Waals surface area contributed by atoms with Gasteiger partial charge in [0.25, 0.3) is 0 Å². The summed E-state index contributed by atoms with van der Waals surface area (Å²) in [5.41, 5.74) is 6.59. The molecule has 2 aromatic rings. The zero-order valence-corrected chi connectivity index (χ0v) is 10.9. The number of anilines is 1. The molecule has 6 heteroatoms. The third-order valence-electron chi connectivity index (χ3n) is 2.58. The fraction of sp³-hybridized carbons (Fsp3) is 0.0833. The van der Waals surface area contributed by atoms with Crippen LogP contribution in [0.1, 0.15) is 15.2 Å². The van der Waals surface area contributed by atoms with E-state index < -0.39 is 11.8 Å². The third kappa shape index (κ3) is 1.95. The van der Waals surface area contributed by atoms with Crippen LogP contribution in [0.2, 0.25) is 5.02 Å². The summed E-state index contributed by atoms with van der Waals surface area (Å²) in [7, 11) is 0. The maximum Gasteiger partial charge on any atom is 0.348 e. The maximum absolute atomic E-state index is 13.8. The van der Waals surface area contributed by atoms with Crippen LogP contribution in [0.5, 0.6) is 0 Å². The number of hydrogen-bond acceptors (Lipinski definition) is 3. The van der Waals surface area contributed by atoms with Crippen LogP contribution in [0.15, 0.2) is 18.2 Å². The van der Waals surface area contributed by atoms with Crippen LogP contribution >= 0.6 is 22.9 Å². The molecule has 3 N–H and O–H groups in total. The lowest BCUT2D eigenvalue weighted by atomic mass is 10.1. The average Bonchev–Trinajstić information content (AvgIpc) is 2.57. The number of nitrogens with two attached hydrogens (primary N) is 1. The molecule has 3 nitrogen and oxygen atoms in total. The summed E-state index contributed by atoms with van der Waals surface area (Å²) in [6.45, 7) is 1.65. The van der Waals surface area contributed by atoms with Crippen molar-refractivity contribution < 1.29 is 14.3 Å². The predicted molar refractivity (Wildman–Crippen MR) is 70.8 cm³/mol. The molecule has 0 fully saturated rings. The second-order valence-electron chi connectivity index (χ2n) is 3.70. The number of halogens is 2. The van der Waals surface area contributed by atoms with Gasteiger partial charge in [-0.3, -0.25) is 0 Å². The fourth-order valence-corrected chi connectivity index (χ4v) is 3.08. The number of rotatable bonds is 2. The molecule has 0 bridgehead atoms. The van der Waals surface area contributed by atoms with Crippen LogP contribution < -0.4 is 5.73 Å². The number of thiophene rings is 1. The second-order valence-corrected chi connectivity index (χ2v) is 5.13. The summed E-state index contributed by atoms with van der Waals surface area (Å²) in [6, 6.07) is 4.32. The molecule has 0 saturated carbocycles. The van der Waals surface area contributed by atoms with Crippen molar-refractivity contribution in [3.05, 3.63) is 39.5 Å². The van der Waals surface area contributed by atoms with Crippen LogP contribution in [0, 0.1) is 12.7 Å². The lowest BCUT2D eigenvalue weighted by Gasteiger charge is -2.04. The molecule has 0 amide bonds. The highest BCUT2D eigenvalue weighted by Gasteiger charge is 2.22. The minimum absolute atomic E-state index is 0.00168.